The van der Waals surface area contributed by atoms with Gasteiger partial charge in [-0.15, -0.1) is 0 Å². The van der Waals surface area contributed by atoms with Gasteiger partial charge in [0.25, 0.3) is 0 Å². The van der Waals surface area contributed by atoms with E-state index in [1.165, 1.54) is 0 Å². The van der Waals surface area contributed by atoms with Crippen LogP contribution in [0.1, 0.15) is 11.6 Å². The van der Waals surface area contributed by atoms with E-state index < -0.39 is 12.0 Å². The maximum atomic E-state index is 10.8. The summed E-state index contributed by atoms with van der Waals surface area (Å²) in [6.45, 7) is 5.89. The largest absolute Gasteiger partial charge is 0.492 e. The molecule has 1 fully saturated rings. The average Bonchev–Trinajstić information content (AvgIpc) is 2.49. The lowest BCUT2D eigenvalue weighted by Gasteiger charge is -2.32. The molecule has 0 aromatic heterocycles. The lowest BCUT2D eigenvalue weighted by atomic mass is 10.1. The molecule has 1 aromatic carbocycles. The zero-order valence-electron chi connectivity index (χ0n) is 12.4. The number of carboxylic acid groups (broad SMARTS) is 1. The summed E-state index contributed by atoms with van der Waals surface area (Å²) in [4.78, 5) is 15.5. The van der Waals surface area contributed by atoms with E-state index in [1.54, 1.807) is 24.3 Å². The maximum Gasteiger partial charge on any atom is 0.325 e. The number of carbonyl (C=O) groups is 1. The summed E-state index contributed by atoms with van der Waals surface area (Å²) in [5.41, 5.74) is 6.12. The number of likely N-dealkylation sites (N-methyl/N-ethyl adjacent to an activating group) is 1. The van der Waals surface area contributed by atoms with Crippen molar-refractivity contribution in [3.05, 3.63) is 29.8 Å². The van der Waals surface area contributed by atoms with Crippen LogP contribution in [0.4, 0.5) is 0 Å². The summed E-state index contributed by atoms with van der Waals surface area (Å²) in [6, 6.07) is 5.95. The van der Waals surface area contributed by atoms with Crippen molar-refractivity contribution < 1.29 is 14.6 Å². The molecule has 1 atom stereocenters. The predicted octanol–water partition coefficient (Wildman–Crippen LogP) is 0.397. The van der Waals surface area contributed by atoms with Crippen LogP contribution in [0.5, 0.6) is 5.75 Å². The molecule has 0 bridgehead atoms. The highest BCUT2D eigenvalue weighted by Gasteiger charge is 2.14. The van der Waals surface area contributed by atoms with Crippen molar-refractivity contribution in [3.8, 4) is 5.75 Å². The van der Waals surface area contributed by atoms with Gasteiger partial charge >= 0.3 is 5.97 Å². The Morgan fingerprint density at radius 1 is 1.29 bits per heavy atom. The van der Waals surface area contributed by atoms with Crippen molar-refractivity contribution in [2.45, 2.75) is 6.04 Å². The number of hydrogen-bond acceptors (Lipinski definition) is 5. The Hall–Kier alpha value is -1.63. The van der Waals surface area contributed by atoms with Crippen molar-refractivity contribution >= 4 is 5.97 Å². The molecule has 0 unspecified atom stereocenters. The highest BCUT2D eigenvalue weighted by Crippen LogP contribution is 2.16. The van der Waals surface area contributed by atoms with E-state index in [4.69, 9.17) is 15.6 Å². The molecule has 6 heteroatoms. The van der Waals surface area contributed by atoms with Crippen molar-refractivity contribution in [3.63, 3.8) is 0 Å². The Balaban J connectivity index is 1.75. The molecule has 0 saturated carbocycles. The first-order chi connectivity index (χ1) is 10.1. The Labute approximate surface area is 125 Å². The van der Waals surface area contributed by atoms with Crippen LogP contribution >= 0.6 is 0 Å². The third-order valence-electron chi connectivity index (χ3n) is 3.78. The Morgan fingerprint density at radius 3 is 2.48 bits per heavy atom. The molecule has 0 radical (unpaired) electrons. The fourth-order valence-electron chi connectivity index (χ4n) is 2.28. The van der Waals surface area contributed by atoms with Gasteiger partial charge in [0.15, 0.2) is 0 Å². The van der Waals surface area contributed by atoms with E-state index in [9.17, 15) is 4.79 Å². The average molecular weight is 293 g/mol. The monoisotopic (exact) mass is 293 g/mol. The van der Waals surface area contributed by atoms with E-state index >= 15 is 0 Å². The lowest BCUT2D eigenvalue weighted by Crippen LogP contribution is -2.45. The van der Waals surface area contributed by atoms with Gasteiger partial charge in [-0.05, 0) is 24.7 Å². The van der Waals surface area contributed by atoms with E-state index in [2.05, 4.69) is 16.8 Å². The van der Waals surface area contributed by atoms with Crippen LogP contribution in [0.15, 0.2) is 24.3 Å². The van der Waals surface area contributed by atoms with Crippen molar-refractivity contribution in [2.75, 3.05) is 46.4 Å². The number of nitrogens with two attached hydrogens (primary N) is 1. The predicted molar refractivity (Wildman–Crippen MR) is 80.4 cm³/mol. The highest BCUT2D eigenvalue weighted by atomic mass is 16.5. The molecule has 1 aromatic rings. The number of benzene rings is 1. The second kappa shape index (κ2) is 7.40. The van der Waals surface area contributed by atoms with Crippen LogP contribution in [-0.2, 0) is 4.79 Å². The molecule has 1 saturated heterocycles. The number of rotatable bonds is 6. The summed E-state index contributed by atoms with van der Waals surface area (Å²) < 4.78 is 5.69. The number of aliphatic carboxylic acids is 1. The Morgan fingerprint density at radius 2 is 1.90 bits per heavy atom. The smallest absolute Gasteiger partial charge is 0.325 e. The van der Waals surface area contributed by atoms with Gasteiger partial charge < -0.3 is 20.5 Å². The summed E-state index contributed by atoms with van der Waals surface area (Å²) in [5.74, 6) is -0.288. The molecule has 2 rings (SSSR count). The summed E-state index contributed by atoms with van der Waals surface area (Å²) in [6.07, 6.45) is 0. The normalized spacial score (nSPS) is 18.4. The molecule has 1 aliphatic heterocycles. The summed E-state index contributed by atoms with van der Waals surface area (Å²) >= 11 is 0. The van der Waals surface area contributed by atoms with Crippen LogP contribution < -0.4 is 10.5 Å². The van der Waals surface area contributed by atoms with Crippen LogP contribution in [0.3, 0.4) is 0 Å². The van der Waals surface area contributed by atoms with Gasteiger partial charge in [0.05, 0.1) is 0 Å². The number of hydrogen-bond donors (Lipinski definition) is 2. The van der Waals surface area contributed by atoms with Gasteiger partial charge in [-0.1, -0.05) is 12.1 Å². The molecule has 116 valence electrons. The number of carboxylic acids is 1. The molecule has 0 amide bonds. The minimum absolute atomic E-state index is 0.578. The fourth-order valence-corrected chi connectivity index (χ4v) is 2.28. The van der Waals surface area contributed by atoms with Crippen molar-refractivity contribution in [1.29, 1.82) is 0 Å². The molecule has 1 aliphatic rings. The van der Waals surface area contributed by atoms with Crippen LogP contribution in [-0.4, -0.2) is 67.3 Å². The number of piperazine rings is 1. The Kier molecular flexibility index (Phi) is 5.55. The van der Waals surface area contributed by atoms with Gasteiger partial charge in [-0.25, -0.2) is 0 Å². The summed E-state index contributed by atoms with van der Waals surface area (Å²) in [5, 5.41) is 8.84. The zero-order valence-corrected chi connectivity index (χ0v) is 12.4. The minimum atomic E-state index is -1.03. The second-order valence-corrected chi connectivity index (χ2v) is 5.38. The zero-order chi connectivity index (χ0) is 15.2. The fraction of sp³-hybridized carbons (Fsp3) is 0.533. The van der Waals surface area contributed by atoms with E-state index in [0.717, 1.165) is 38.5 Å². The number of nitrogens with zero attached hydrogens (tertiary/aromatic N) is 2. The molecule has 0 aliphatic carbocycles. The van der Waals surface area contributed by atoms with Crippen molar-refractivity contribution in [1.82, 2.24) is 9.80 Å². The van der Waals surface area contributed by atoms with Gasteiger partial charge in [0.1, 0.15) is 18.4 Å². The molecule has 1 heterocycles. The van der Waals surface area contributed by atoms with Gasteiger partial charge in [0.2, 0.25) is 0 Å². The van der Waals surface area contributed by atoms with Crippen molar-refractivity contribution in [2.24, 2.45) is 5.73 Å². The topological polar surface area (TPSA) is 79.0 Å². The molecule has 21 heavy (non-hydrogen) atoms. The van der Waals surface area contributed by atoms with Gasteiger partial charge in [-0.2, -0.15) is 0 Å². The second-order valence-electron chi connectivity index (χ2n) is 5.38. The lowest BCUT2D eigenvalue weighted by molar-refractivity contribution is -0.138. The molecule has 3 N–H and O–H groups in total. The van der Waals surface area contributed by atoms with Gasteiger partial charge in [0, 0.05) is 32.7 Å². The van der Waals surface area contributed by atoms with Gasteiger partial charge in [-0.3, -0.25) is 9.69 Å². The minimum Gasteiger partial charge on any atom is -0.492 e. The third-order valence-corrected chi connectivity index (χ3v) is 3.78. The first-order valence-electron chi connectivity index (χ1n) is 7.18. The van der Waals surface area contributed by atoms with Crippen LogP contribution in [0.25, 0.3) is 0 Å². The first-order valence-corrected chi connectivity index (χ1v) is 7.18. The Bertz CT molecular complexity index is 456. The standard InChI is InChI=1S/C15H23N3O3/c1-17-6-8-18(9-7-17)10-11-21-13-4-2-12(3-5-13)14(16)15(19)20/h2-5,14H,6-11,16H2,1H3,(H,19,20)/t14-/m0/s1. The number of ether oxygens (including phenoxy) is 1. The maximum absolute atomic E-state index is 10.8. The first kappa shape index (κ1) is 15.8. The van der Waals surface area contributed by atoms with Crippen LogP contribution in [0.2, 0.25) is 0 Å². The molecule has 6 nitrogen and oxygen atoms in total. The van der Waals surface area contributed by atoms with E-state index in [-0.39, 0.29) is 0 Å². The SMILES string of the molecule is CN1CCN(CCOc2ccc([C@H](N)C(=O)O)cc2)CC1. The highest BCUT2D eigenvalue weighted by molar-refractivity contribution is 5.75. The molecular formula is C15H23N3O3. The van der Waals surface area contributed by atoms with E-state index in [1.807, 2.05) is 0 Å². The molecular weight excluding hydrogens is 270 g/mol. The summed E-state index contributed by atoms with van der Waals surface area (Å²) in [7, 11) is 2.14. The molecule has 0 spiro atoms. The third kappa shape index (κ3) is 4.70. The van der Waals surface area contributed by atoms with Crippen LogP contribution in [0, 0.1) is 0 Å². The van der Waals surface area contributed by atoms with E-state index in [0.29, 0.717) is 12.2 Å². The quantitative estimate of drug-likeness (QED) is 0.790.